The Hall–Kier alpha value is -1.59. The van der Waals surface area contributed by atoms with Crippen LogP contribution in [0.5, 0.6) is 5.75 Å². The Kier molecular flexibility index (Phi) is 6.18. The number of aliphatic hydroxyl groups excluding tert-OH is 2. The van der Waals surface area contributed by atoms with E-state index in [0.717, 1.165) is 0 Å². The van der Waals surface area contributed by atoms with Crippen LogP contribution in [-0.2, 0) is 4.74 Å². The van der Waals surface area contributed by atoms with Crippen LogP contribution in [0, 0.1) is 0 Å². The molecular weight excluding hydrogens is 236 g/mol. The van der Waals surface area contributed by atoms with Gasteiger partial charge in [-0.05, 0) is 37.1 Å². The van der Waals surface area contributed by atoms with Gasteiger partial charge in [-0.15, -0.1) is 0 Å². The van der Waals surface area contributed by atoms with E-state index in [9.17, 15) is 4.79 Å². The van der Waals surface area contributed by atoms with Crippen molar-refractivity contribution in [2.45, 2.75) is 18.9 Å². The Bertz CT molecular complexity index is 360. The molecule has 1 aromatic rings. The molecule has 18 heavy (non-hydrogen) atoms. The third-order valence-electron chi connectivity index (χ3n) is 2.45. The molecule has 0 aliphatic carbocycles. The summed E-state index contributed by atoms with van der Waals surface area (Å²) in [4.78, 5) is 11.6. The van der Waals surface area contributed by atoms with E-state index in [1.165, 1.54) is 0 Å². The van der Waals surface area contributed by atoms with Gasteiger partial charge in [0.2, 0.25) is 0 Å². The Balaban J connectivity index is 2.31. The van der Waals surface area contributed by atoms with Gasteiger partial charge in [0.15, 0.2) is 0 Å². The minimum Gasteiger partial charge on any atom is -0.497 e. The van der Waals surface area contributed by atoms with E-state index in [1.807, 2.05) is 0 Å². The summed E-state index contributed by atoms with van der Waals surface area (Å²) in [5, 5.41) is 17.7. The van der Waals surface area contributed by atoms with E-state index in [0.29, 0.717) is 24.2 Å². The lowest BCUT2D eigenvalue weighted by atomic mass is 10.2. The number of benzene rings is 1. The highest BCUT2D eigenvalue weighted by molar-refractivity contribution is 5.89. The van der Waals surface area contributed by atoms with E-state index in [4.69, 9.17) is 19.7 Å². The van der Waals surface area contributed by atoms with Gasteiger partial charge in [-0.2, -0.15) is 0 Å². The molecule has 0 unspecified atom stereocenters. The molecule has 5 heteroatoms. The molecule has 0 radical (unpaired) electrons. The van der Waals surface area contributed by atoms with Gasteiger partial charge in [-0.1, -0.05) is 0 Å². The van der Waals surface area contributed by atoms with Crippen LogP contribution in [0.1, 0.15) is 23.2 Å². The molecule has 0 aliphatic rings. The molecule has 1 atom stereocenters. The molecule has 2 N–H and O–H groups in total. The summed E-state index contributed by atoms with van der Waals surface area (Å²) < 4.78 is 10.0. The summed E-state index contributed by atoms with van der Waals surface area (Å²) in [6.07, 6.45) is 0.181. The first kappa shape index (κ1) is 14.5. The van der Waals surface area contributed by atoms with E-state index in [1.54, 1.807) is 31.4 Å². The van der Waals surface area contributed by atoms with Crippen LogP contribution in [0.4, 0.5) is 0 Å². The number of carbonyl (C=O) groups is 1. The smallest absolute Gasteiger partial charge is 0.338 e. The molecule has 0 fully saturated rings. The number of rotatable bonds is 7. The Labute approximate surface area is 106 Å². The summed E-state index contributed by atoms with van der Waals surface area (Å²) in [6.45, 7) is -0.0473. The van der Waals surface area contributed by atoms with Gasteiger partial charge in [-0.25, -0.2) is 4.79 Å². The van der Waals surface area contributed by atoms with Crippen molar-refractivity contribution in [3.8, 4) is 5.75 Å². The van der Waals surface area contributed by atoms with Crippen LogP contribution < -0.4 is 4.74 Å². The van der Waals surface area contributed by atoms with E-state index >= 15 is 0 Å². The van der Waals surface area contributed by atoms with Gasteiger partial charge < -0.3 is 19.7 Å². The number of hydrogen-bond donors (Lipinski definition) is 2. The highest BCUT2D eigenvalue weighted by Gasteiger charge is 2.07. The minimum atomic E-state index is -0.746. The normalized spacial score (nSPS) is 11.9. The third-order valence-corrected chi connectivity index (χ3v) is 2.45. The maximum absolute atomic E-state index is 11.6. The molecule has 0 amide bonds. The molecule has 0 heterocycles. The quantitative estimate of drug-likeness (QED) is 0.560. The van der Waals surface area contributed by atoms with E-state index in [2.05, 4.69) is 0 Å². The average molecular weight is 254 g/mol. The van der Waals surface area contributed by atoms with Crippen LogP contribution >= 0.6 is 0 Å². The summed E-state index contributed by atoms with van der Waals surface area (Å²) in [6, 6.07) is 6.63. The first-order valence-corrected chi connectivity index (χ1v) is 5.77. The fourth-order valence-corrected chi connectivity index (χ4v) is 1.39. The highest BCUT2D eigenvalue weighted by atomic mass is 16.5. The predicted octanol–water partition coefficient (Wildman–Crippen LogP) is 0.985. The maximum atomic E-state index is 11.6. The van der Waals surface area contributed by atoms with Gasteiger partial charge >= 0.3 is 5.97 Å². The summed E-state index contributed by atoms with van der Waals surface area (Å²) in [5.74, 6) is 0.272. The maximum Gasteiger partial charge on any atom is 0.338 e. The van der Waals surface area contributed by atoms with Gasteiger partial charge in [0.1, 0.15) is 5.75 Å². The SMILES string of the molecule is COc1ccc(C(=O)OCCC[C@@H](O)CO)cc1. The second-order valence-corrected chi connectivity index (χ2v) is 3.84. The minimum absolute atomic E-state index is 0.224. The number of carbonyl (C=O) groups excluding carboxylic acids is 1. The Morgan fingerprint density at radius 1 is 1.33 bits per heavy atom. The van der Waals surface area contributed by atoms with Crippen molar-refractivity contribution >= 4 is 5.97 Å². The topological polar surface area (TPSA) is 76.0 Å². The Morgan fingerprint density at radius 2 is 2.00 bits per heavy atom. The van der Waals surface area contributed by atoms with Gasteiger partial charge in [0.25, 0.3) is 0 Å². The molecule has 0 saturated heterocycles. The van der Waals surface area contributed by atoms with Crippen molar-refractivity contribution < 1.29 is 24.5 Å². The molecule has 0 saturated carbocycles. The fraction of sp³-hybridized carbons (Fsp3) is 0.462. The second-order valence-electron chi connectivity index (χ2n) is 3.84. The van der Waals surface area contributed by atoms with Crippen molar-refractivity contribution in [1.82, 2.24) is 0 Å². The lowest BCUT2D eigenvalue weighted by molar-refractivity contribution is 0.0446. The van der Waals surface area contributed by atoms with Crippen LogP contribution in [0.25, 0.3) is 0 Å². The average Bonchev–Trinajstić information content (AvgIpc) is 2.43. The summed E-state index contributed by atoms with van der Waals surface area (Å²) >= 11 is 0. The monoisotopic (exact) mass is 254 g/mol. The zero-order chi connectivity index (χ0) is 13.4. The molecule has 0 bridgehead atoms. The first-order valence-electron chi connectivity index (χ1n) is 5.77. The largest absolute Gasteiger partial charge is 0.497 e. The summed E-state index contributed by atoms with van der Waals surface area (Å²) in [7, 11) is 1.56. The zero-order valence-corrected chi connectivity index (χ0v) is 10.3. The number of methoxy groups -OCH3 is 1. The van der Waals surface area contributed by atoms with E-state index in [-0.39, 0.29) is 13.2 Å². The fourth-order valence-electron chi connectivity index (χ4n) is 1.39. The van der Waals surface area contributed by atoms with Crippen molar-refractivity contribution in [3.63, 3.8) is 0 Å². The van der Waals surface area contributed by atoms with Crippen LogP contribution in [0.2, 0.25) is 0 Å². The molecule has 1 rings (SSSR count). The standard InChI is InChI=1S/C13H18O5/c1-17-12-6-4-10(5-7-12)13(16)18-8-2-3-11(15)9-14/h4-7,11,14-15H,2-3,8-9H2,1H3/t11-/m1/s1. The molecule has 1 aromatic carbocycles. The molecule has 5 nitrogen and oxygen atoms in total. The van der Waals surface area contributed by atoms with E-state index < -0.39 is 12.1 Å². The molecular formula is C13H18O5. The van der Waals surface area contributed by atoms with Crippen molar-refractivity contribution in [1.29, 1.82) is 0 Å². The second kappa shape index (κ2) is 7.68. The van der Waals surface area contributed by atoms with Gasteiger partial charge in [0.05, 0.1) is 32.0 Å². The van der Waals surface area contributed by atoms with Gasteiger partial charge in [0, 0.05) is 0 Å². The number of hydrogen-bond acceptors (Lipinski definition) is 5. The number of aliphatic hydroxyl groups is 2. The van der Waals surface area contributed by atoms with Crippen LogP contribution in [0.15, 0.2) is 24.3 Å². The Morgan fingerprint density at radius 3 is 2.56 bits per heavy atom. The van der Waals surface area contributed by atoms with Crippen molar-refractivity contribution in [2.75, 3.05) is 20.3 Å². The lowest BCUT2D eigenvalue weighted by Gasteiger charge is -2.08. The predicted molar refractivity (Wildman–Crippen MR) is 65.6 cm³/mol. The number of ether oxygens (including phenoxy) is 2. The van der Waals surface area contributed by atoms with Crippen LogP contribution in [0.3, 0.4) is 0 Å². The molecule has 0 aromatic heterocycles. The zero-order valence-electron chi connectivity index (χ0n) is 10.3. The summed E-state index contributed by atoms with van der Waals surface area (Å²) in [5.41, 5.74) is 0.457. The first-order chi connectivity index (χ1) is 8.67. The third kappa shape index (κ3) is 4.73. The van der Waals surface area contributed by atoms with Crippen LogP contribution in [-0.4, -0.2) is 42.6 Å². The molecule has 0 aliphatic heterocycles. The molecule has 0 spiro atoms. The van der Waals surface area contributed by atoms with Crippen molar-refractivity contribution in [3.05, 3.63) is 29.8 Å². The highest BCUT2D eigenvalue weighted by Crippen LogP contribution is 2.12. The van der Waals surface area contributed by atoms with Crippen molar-refractivity contribution in [2.24, 2.45) is 0 Å². The van der Waals surface area contributed by atoms with Gasteiger partial charge in [-0.3, -0.25) is 0 Å². The lowest BCUT2D eigenvalue weighted by Crippen LogP contribution is -2.13. The number of esters is 1. The molecule has 100 valence electrons.